The van der Waals surface area contributed by atoms with E-state index in [4.69, 9.17) is 9.47 Å². The lowest BCUT2D eigenvalue weighted by molar-refractivity contribution is -0.200. The first kappa shape index (κ1) is 11.0. The minimum absolute atomic E-state index is 0.0113. The van der Waals surface area contributed by atoms with Crippen molar-refractivity contribution in [2.45, 2.75) is 6.10 Å². The normalized spacial score (nSPS) is 24.2. The highest BCUT2D eigenvalue weighted by Gasteiger charge is 2.58. The average Bonchev–Trinajstić information content (AvgIpc) is 2.27. The van der Waals surface area contributed by atoms with Gasteiger partial charge in [0.2, 0.25) is 0 Å². The summed E-state index contributed by atoms with van der Waals surface area (Å²) < 4.78 is 10.5. The van der Waals surface area contributed by atoms with Crippen molar-refractivity contribution in [3.05, 3.63) is 24.3 Å². The molecule has 0 spiro atoms. The topological polar surface area (TPSA) is 84.9 Å². The predicted molar refractivity (Wildman–Crippen MR) is 60.4 cm³/mol. The number of carboxylic acid groups (broad SMARTS) is 1. The van der Waals surface area contributed by atoms with Crippen LogP contribution >= 0.6 is 0 Å². The largest absolute Gasteiger partial charge is 0.481 e. The van der Waals surface area contributed by atoms with Gasteiger partial charge in [0.05, 0.1) is 18.9 Å². The quantitative estimate of drug-likeness (QED) is 0.796. The Bertz CT molecular complexity index is 523. The van der Waals surface area contributed by atoms with Crippen LogP contribution in [0.1, 0.15) is 0 Å². The van der Waals surface area contributed by atoms with Crippen LogP contribution in [0.5, 0.6) is 5.75 Å². The van der Waals surface area contributed by atoms with Crippen molar-refractivity contribution < 1.29 is 24.2 Å². The van der Waals surface area contributed by atoms with E-state index >= 15 is 0 Å². The molecule has 0 bridgehead atoms. The van der Waals surface area contributed by atoms with E-state index in [0.717, 1.165) is 0 Å². The lowest BCUT2D eigenvalue weighted by Crippen LogP contribution is -2.63. The van der Waals surface area contributed by atoms with Crippen molar-refractivity contribution >= 4 is 17.6 Å². The van der Waals surface area contributed by atoms with Crippen LogP contribution < -0.4 is 10.1 Å². The molecule has 0 radical (unpaired) electrons. The first-order valence-corrected chi connectivity index (χ1v) is 5.51. The molecule has 1 fully saturated rings. The van der Waals surface area contributed by atoms with Gasteiger partial charge in [0.1, 0.15) is 5.75 Å². The summed E-state index contributed by atoms with van der Waals surface area (Å²) in [6.07, 6.45) is -1.06. The summed E-state index contributed by atoms with van der Waals surface area (Å²) in [6.45, 7) is -0.0226. The Morgan fingerprint density at radius 1 is 1.39 bits per heavy atom. The van der Waals surface area contributed by atoms with Gasteiger partial charge >= 0.3 is 5.97 Å². The summed E-state index contributed by atoms with van der Waals surface area (Å²) in [4.78, 5) is 23.3. The van der Waals surface area contributed by atoms with Gasteiger partial charge in [-0.25, -0.2) is 0 Å². The van der Waals surface area contributed by atoms with Crippen LogP contribution in [-0.2, 0) is 14.3 Å². The Morgan fingerprint density at radius 3 is 2.72 bits per heavy atom. The first-order chi connectivity index (χ1) is 8.63. The van der Waals surface area contributed by atoms with Gasteiger partial charge in [-0.05, 0) is 12.1 Å². The molecule has 0 saturated carbocycles. The van der Waals surface area contributed by atoms with E-state index in [2.05, 4.69) is 5.32 Å². The number of carboxylic acids is 1. The molecule has 6 heteroatoms. The van der Waals surface area contributed by atoms with Gasteiger partial charge in [0, 0.05) is 0 Å². The lowest BCUT2D eigenvalue weighted by atomic mass is 9.79. The zero-order chi connectivity index (χ0) is 12.8. The minimum atomic E-state index is -1.28. The molecule has 1 amide bonds. The van der Waals surface area contributed by atoms with Gasteiger partial charge in [-0.3, -0.25) is 9.59 Å². The fraction of sp³-hybridized carbons (Fsp3) is 0.333. The number of carbonyl (C=O) groups excluding carboxylic acids is 1. The molecule has 0 aromatic heterocycles. The Morgan fingerprint density at radius 2 is 2.11 bits per heavy atom. The highest BCUT2D eigenvalue weighted by Crippen LogP contribution is 2.39. The number of benzene rings is 1. The Balaban J connectivity index is 1.96. The Hall–Kier alpha value is -2.08. The number of rotatable bonds is 2. The summed E-state index contributed by atoms with van der Waals surface area (Å²) in [7, 11) is 0. The fourth-order valence-corrected chi connectivity index (χ4v) is 2.12. The molecule has 2 N–H and O–H groups in total. The van der Waals surface area contributed by atoms with Crippen LogP contribution in [0.4, 0.5) is 5.69 Å². The van der Waals surface area contributed by atoms with Crippen LogP contribution in [0.15, 0.2) is 24.3 Å². The van der Waals surface area contributed by atoms with Crippen LogP contribution in [0, 0.1) is 5.41 Å². The van der Waals surface area contributed by atoms with Gasteiger partial charge in [0.15, 0.2) is 11.5 Å². The summed E-state index contributed by atoms with van der Waals surface area (Å²) >= 11 is 0. The molecule has 3 rings (SSSR count). The van der Waals surface area contributed by atoms with Crippen LogP contribution in [-0.4, -0.2) is 36.3 Å². The van der Waals surface area contributed by atoms with Gasteiger partial charge in [0.25, 0.3) is 5.91 Å². The molecule has 94 valence electrons. The average molecular weight is 249 g/mol. The maximum absolute atomic E-state index is 11.9. The van der Waals surface area contributed by atoms with Crippen LogP contribution in [0.2, 0.25) is 0 Å². The molecule has 1 saturated heterocycles. The number of anilines is 1. The van der Waals surface area contributed by atoms with Crippen LogP contribution in [0.25, 0.3) is 0 Å². The number of carbonyl (C=O) groups is 2. The highest BCUT2D eigenvalue weighted by molar-refractivity contribution is 6.01. The number of para-hydroxylation sites is 2. The lowest BCUT2D eigenvalue weighted by Gasteiger charge is -2.43. The van der Waals surface area contributed by atoms with E-state index in [0.29, 0.717) is 11.4 Å². The third kappa shape index (κ3) is 1.39. The molecule has 6 nitrogen and oxygen atoms in total. The van der Waals surface area contributed by atoms with Crippen molar-refractivity contribution in [2.24, 2.45) is 5.41 Å². The second-order valence-electron chi connectivity index (χ2n) is 4.44. The standard InChI is InChI=1S/C12H11NO5/c14-10-9(12(11(15)16)5-17-6-12)18-8-4-2-1-3-7(8)13-10/h1-4,9H,5-6H2,(H,13,14)(H,15,16). The van der Waals surface area contributed by atoms with E-state index in [1.54, 1.807) is 24.3 Å². The second-order valence-corrected chi connectivity index (χ2v) is 4.44. The van der Waals surface area contributed by atoms with Gasteiger partial charge in [-0.1, -0.05) is 12.1 Å². The van der Waals surface area contributed by atoms with Crippen molar-refractivity contribution in [3.8, 4) is 5.75 Å². The molecule has 1 atom stereocenters. The summed E-state index contributed by atoms with van der Waals surface area (Å²) in [6, 6.07) is 6.92. The summed E-state index contributed by atoms with van der Waals surface area (Å²) in [5.74, 6) is -1.04. The second kappa shape index (κ2) is 3.71. The smallest absolute Gasteiger partial charge is 0.318 e. The number of aliphatic carboxylic acids is 1. The molecule has 18 heavy (non-hydrogen) atoms. The summed E-state index contributed by atoms with van der Waals surface area (Å²) in [5.41, 5.74) is -0.725. The Labute approximate surface area is 103 Å². The SMILES string of the molecule is O=C1Nc2ccccc2OC1C1(C(=O)O)COC1. The third-order valence-electron chi connectivity index (χ3n) is 3.27. The van der Waals surface area contributed by atoms with Crippen molar-refractivity contribution in [1.82, 2.24) is 0 Å². The number of amides is 1. The maximum atomic E-state index is 11.9. The number of hydrogen-bond acceptors (Lipinski definition) is 4. The van der Waals surface area contributed by atoms with Gasteiger partial charge < -0.3 is 19.9 Å². The van der Waals surface area contributed by atoms with Crippen molar-refractivity contribution in [3.63, 3.8) is 0 Å². The van der Waals surface area contributed by atoms with Crippen molar-refractivity contribution in [1.29, 1.82) is 0 Å². The Kier molecular flexibility index (Phi) is 2.27. The summed E-state index contributed by atoms with van der Waals surface area (Å²) in [5, 5.41) is 11.9. The van der Waals surface area contributed by atoms with E-state index in [9.17, 15) is 14.7 Å². The maximum Gasteiger partial charge on any atom is 0.318 e. The number of hydrogen-bond donors (Lipinski definition) is 2. The monoisotopic (exact) mass is 249 g/mol. The molecule has 1 aromatic rings. The molecule has 1 unspecified atom stereocenters. The van der Waals surface area contributed by atoms with E-state index in [-0.39, 0.29) is 13.2 Å². The van der Waals surface area contributed by atoms with Crippen LogP contribution in [0.3, 0.4) is 0 Å². The number of ether oxygens (including phenoxy) is 2. The molecule has 2 heterocycles. The molecular formula is C12H11NO5. The fourth-order valence-electron chi connectivity index (χ4n) is 2.12. The number of nitrogens with one attached hydrogen (secondary N) is 1. The highest BCUT2D eigenvalue weighted by atomic mass is 16.5. The zero-order valence-electron chi connectivity index (χ0n) is 9.38. The minimum Gasteiger partial charge on any atom is -0.481 e. The van der Waals surface area contributed by atoms with Gasteiger partial charge in [-0.15, -0.1) is 0 Å². The third-order valence-corrected chi connectivity index (χ3v) is 3.27. The van der Waals surface area contributed by atoms with E-state index in [1.165, 1.54) is 0 Å². The molecule has 2 aliphatic heterocycles. The first-order valence-electron chi connectivity index (χ1n) is 5.51. The molecule has 2 aliphatic rings. The zero-order valence-corrected chi connectivity index (χ0v) is 9.38. The molecule has 0 aliphatic carbocycles. The molecular weight excluding hydrogens is 238 g/mol. The predicted octanol–water partition coefficient (Wildman–Crippen LogP) is 0.487. The van der Waals surface area contributed by atoms with E-state index in [1.807, 2.05) is 0 Å². The van der Waals surface area contributed by atoms with Gasteiger partial charge in [-0.2, -0.15) is 0 Å². The molecule has 1 aromatic carbocycles. The van der Waals surface area contributed by atoms with Crippen molar-refractivity contribution in [2.75, 3.05) is 18.5 Å². The van der Waals surface area contributed by atoms with E-state index < -0.39 is 23.4 Å². The number of fused-ring (bicyclic) bond motifs is 1.